The van der Waals surface area contributed by atoms with Crippen LogP contribution >= 0.6 is 0 Å². The lowest BCUT2D eigenvalue weighted by atomic mass is 10.1. The van der Waals surface area contributed by atoms with Crippen LogP contribution in [0.1, 0.15) is 16.1 Å². The summed E-state index contributed by atoms with van der Waals surface area (Å²) in [4.78, 5) is 23.9. The van der Waals surface area contributed by atoms with Gasteiger partial charge in [0, 0.05) is 17.4 Å². The molecule has 0 spiro atoms. The fourth-order valence-electron chi connectivity index (χ4n) is 2.57. The third-order valence-electron chi connectivity index (χ3n) is 3.97. The topological polar surface area (TPSA) is 83.4 Å². The molecule has 1 aromatic heterocycles. The van der Waals surface area contributed by atoms with Crippen molar-refractivity contribution in [2.75, 3.05) is 22.5 Å². The van der Waals surface area contributed by atoms with E-state index in [0.29, 0.717) is 6.07 Å². The number of halogens is 5. The largest absolute Gasteiger partial charge is 0.459 e. The molecule has 2 aromatic carbocycles. The zero-order valence-corrected chi connectivity index (χ0v) is 15.5. The number of hydrogen-bond acceptors (Lipinski definition) is 4. The summed E-state index contributed by atoms with van der Waals surface area (Å²) in [5.74, 6) is -3.42. The maximum Gasteiger partial charge on any atom is 0.418 e. The average molecular weight is 439 g/mol. The molecular formula is C20H14F5N3O3. The third-order valence-corrected chi connectivity index (χ3v) is 3.97. The van der Waals surface area contributed by atoms with Gasteiger partial charge in [-0.15, -0.1) is 0 Å². The number of anilines is 3. The van der Waals surface area contributed by atoms with Gasteiger partial charge >= 0.3 is 6.18 Å². The lowest BCUT2D eigenvalue weighted by molar-refractivity contribution is -0.137. The molecule has 3 aromatic rings. The molecule has 2 amide bonds. The van der Waals surface area contributed by atoms with Gasteiger partial charge < -0.3 is 20.4 Å². The van der Waals surface area contributed by atoms with Crippen molar-refractivity contribution >= 4 is 28.9 Å². The quantitative estimate of drug-likeness (QED) is 0.478. The minimum atomic E-state index is -4.81. The van der Waals surface area contributed by atoms with Crippen molar-refractivity contribution in [2.24, 2.45) is 0 Å². The van der Waals surface area contributed by atoms with Gasteiger partial charge in [-0.1, -0.05) is 0 Å². The molecule has 0 aliphatic rings. The van der Waals surface area contributed by atoms with Crippen LogP contribution in [0.3, 0.4) is 0 Å². The van der Waals surface area contributed by atoms with Crippen molar-refractivity contribution in [3.63, 3.8) is 0 Å². The van der Waals surface area contributed by atoms with Crippen molar-refractivity contribution in [3.8, 4) is 0 Å². The highest BCUT2D eigenvalue weighted by Crippen LogP contribution is 2.36. The van der Waals surface area contributed by atoms with E-state index in [4.69, 9.17) is 4.42 Å². The van der Waals surface area contributed by atoms with E-state index in [1.807, 2.05) is 0 Å². The lowest BCUT2D eigenvalue weighted by Gasteiger charge is -2.16. The Hall–Kier alpha value is -3.89. The van der Waals surface area contributed by atoms with Gasteiger partial charge in [0.25, 0.3) is 5.91 Å². The number of nitrogens with one attached hydrogen (secondary N) is 3. The van der Waals surface area contributed by atoms with Crippen LogP contribution in [0.2, 0.25) is 0 Å². The molecule has 0 atom stereocenters. The third kappa shape index (κ3) is 5.59. The summed E-state index contributed by atoms with van der Waals surface area (Å²) in [6.45, 7) is -0.656. The van der Waals surface area contributed by atoms with Crippen LogP contribution in [0.4, 0.5) is 39.0 Å². The summed E-state index contributed by atoms with van der Waals surface area (Å²) >= 11 is 0. The number of amides is 2. The highest BCUT2D eigenvalue weighted by atomic mass is 19.4. The van der Waals surface area contributed by atoms with Gasteiger partial charge in [-0.2, -0.15) is 13.2 Å². The molecule has 0 fully saturated rings. The lowest BCUT2D eigenvalue weighted by Crippen LogP contribution is -2.24. The van der Waals surface area contributed by atoms with Crippen LogP contribution in [-0.4, -0.2) is 18.4 Å². The summed E-state index contributed by atoms with van der Waals surface area (Å²) < 4.78 is 71.9. The first-order valence-electron chi connectivity index (χ1n) is 8.68. The average Bonchev–Trinajstić information content (AvgIpc) is 3.24. The molecule has 0 aliphatic carbocycles. The Morgan fingerprint density at radius 1 is 0.935 bits per heavy atom. The van der Waals surface area contributed by atoms with Crippen molar-refractivity contribution in [1.82, 2.24) is 0 Å². The maximum absolute atomic E-state index is 13.6. The molecule has 1 heterocycles. The monoisotopic (exact) mass is 439 g/mol. The number of rotatable bonds is 6. The molecule has 3 N–H and O–H groups in total. The standard InChI is InChI=1S/C20H14F5N3O3/c21-11-3-5-14(22)16(8-11)28-18(29)10-26-15-6-4-12(9-13(15)20(23,24)25)27-19(30)17-2-1-7-31-17/h1-9,26H,10H2,(H,27,30)(H,28,29). The SMILES string of the molecule is O=C(CNc1ccc(NC(=O)c2ccco2)cc1C(F)(F)F)Nc1cc(F)ccc1F. The van der Waals surface area contributed by atoms with Crippen molar-refractivity contribution in [3.05, 3.63) is 77.8 Å². The number of furan rings is 1. The summed E-state index contributed by atoms with van der Waals surface area (Å²) in [6, 6.07) is 8.10. The van der Waals surface area contributed by atoms with Crippen LogP contribution < -0.4 is 16.0 Å². The van der Waals surface area contributed by atoms with Gasteiger partial charge in [-0.3, -0.25) is 9.59 Å². The predicted molar refractivity (Wildman–Crippen MR) is 102 cm³/mol. The smallest absolute Gasteiger partial charge is 0.418 e. The molecule has 0 unspecified atom stereocenters. The van der Waals surface area contributed by atoms with Gasteiger partial charge in [0.1, 0.15) is 11.6 Å². The number of benzene rings is 2. The molecule has 11 heteroatoms. The van der Waals surface area contributed by atoms with Crippen LogP contribution in [0.15, 0.2) is 59.2 Å². The second kappa shape index (κ2) is 8.86. The van der Waals surface area contributed by atoms with Gasteiger partial charge in [0.05, 0.1) is 24.1 Å². The van der Waals surface area contributed by atoms with Gasteiger partial charge in [0.2, 0.25) is 5.91 Å². The van der Waals surface area contributed by atoms with Crippen molar-refractivity contribution in [1.29, 1.82) is 0 Å². The van der Waals surface area contributed by atoms with E-state index in [-0.39, 0.29) is 11.4 Å². The maximum atomic E-state index is 13.6. The first-order valence-corrected chi connectivity index (χ1v) is 8.68. The van der Waals surface area contributed by atoms with E-state index in [9.17, 15) is 31.5 Å². The van der Waals surface area contributed by atoms with Gasteiger partial charge in [-0.05, 0) is 42.5 Å². The van der Waals surface area contributed by atoms with Gasteiger partial charge in [-0.25, -0.2) is 8.78 Å². The van der Waals surface area contributed by atoms with Crippen LogP contribution in [0.5, 0.6) is 0 Å². The highest BCUT2D eigenvalue weighted by Gasteiger charge is 2.34. The summed E-state index contributed by atoms with van der Waals surface area (Å²) in [5.41, 5.74) is -2.18. The second-order valence-corrected chi connectivity index (χ2v) is 6.22. The van der Waals surface area contributed by atoms with E-state index in [1.165, 1.54) is 24.5 Å². The highest BCUT2D eigenvalue weighted by molar-refractivity contribution is 6.02. The number of carbonyl (C=O) groups excluding carboxylic acids is 2. The van der Waals surface area contributed by atoms with E-state index in [2.05, 4.69) is 16.0 Å². The summed E-state index contributed by atoms with van der Waals surface area (Å²) in [6.07, 6.45) is -3.57. The minimum absolute atomic E-state index is 0.0861. The molecule has 0 saturated carbocycles. The number of carbonyl (C=O) groups is 2. The van der Waals surface area contributed by atoms with Crippen LogP contribution in [0.25, 0.3) is 0 Å². The van der Waals surface area contributed by atoms with Gasteiger partial charge in [0.15, 0.2) is 5.76 Å². The van der Waals surface area contributed by atoms with Crippen molar-refractivity contribution in [2.45, 2.75) is 6.18 Å². The minimum Gasteiger partial charge on any atom is -0.459 e. The molecule has 31 heavy (non-hydrogen) atoms. The molecule has 0 aliphatic heterocycles. The molecule has 3 rings (SSSR count). The van der Waals surface area contributed by atoms with Crippen LogP contribution in [0, 0.1) is 11.6 Å². The molecular weight excluding hydrogens is 425 g/mol. The summed E-state index contributed by atoms with van der Waals surface area (Å²) in [7, 11) is 0. The Labute approximate surface area is 172 Å². The first-order chi connectivity index (χ1) is 14.6. The number of alkyl halides is 3. The Balaban J connectivity index is 1.72. The first kappa shape index (κ1) is 21.8. The molecule has 0 saturated heterocycles. The second-order valence-electron chi connectivity index (χ2n) is 6.22. The van der Waals surface area contributed by atoms with Crippen LogP contribution in [-0.2, 0) is 11.0 Å². The molecule has 162 valence electrons. The molecule has 0 bridgehead atoms. The zero-order valence-electron chi connectivity index (χ0n) is 15.5. The normalized spacial score (nSPS) is 11.1. The fraction of sp³-hybridized carbons (Fsp3) is 0.100. The Morgan fingerprint density at radius 2 is 1.71 bits per heavy atom. The van der Waals surface area contributed by atoms with E-state index in [1.54, 1.807) is 0 Å². The fourth-order valence-corrected chi connectivity index (χ4v) is 2.57. The van der Waals surface area contributed by atoms with E-state index in [0.717, 1.165) is 24.3 Å². The van der Waals surface area contributed by atoms with Crippen molar-refractivity contribution < 1.29 is 36.0 Å². The zero-order chi connectivity index (χ0) is 22.6. The Morgan fingerprint density at radius 3 is 2.39 bits per heavy atom. The Kier molecular flexibility index (Phi) is 6.23. The summed E-state index contributed by atoms with van der Waals surface area (Å²) in [5, 5.41) is 6.65. The number of hydrogen-bond donors (Lipinski definition) is 3. The van der Waals surface area contributed by atoms with E-state index < -0.39 is 53.1 Å². The van der Waals surface area contributed by atoms with E-state index >= 15 is 0 Å². The molecule has 6 nitrogen and oxygen atoms in total. The molecule has 0 radical (unpaired) electrons. The predicted octanol–water partition coefficient (Wildman–Crippen LogP) is 4.88. The Bertz CT molecular complexity index is 1100.